The summed E-state index contributed by atoms with van der Waals surface area (Å²) in [5, 5.41) is 0. The molecule has 3 nitrogen and oxygen atoms in total. The maximum atomic E-state index is 12.9. The summed E-state index contributed by atoms with van der Waals surface area (Å²) in [6.45, 7) is 2.25. The molecule has 0 aromatic heterocycles. The molecule has 1 amide bonds. The lowest BCUT2D eigenvalue weighted by Gasteiger charge is -2.29. The average molecular weight is 337 g/mol. The van der Waals surface area contributed by atoms with Gasteiger partial charge in [0.25, 0.3) is 0 Å². The second-order valence-electron chi connectivity index (χ2n) is 5.67. The number of likely N-dealkylation sites (N-methyl/N-ethyl adjacent to an activating group) is 1. The molecule has 2 N–H and O–H groups in total. The third-order valence-corrected chi connectivity index (χ3v) is 3.81. The molecule has 0 saturated carbocycles. The van der Waals surface area contributed by atoms with Gasteiger partial charge in [0, 0.05) is 13.6 Å². The Balaban J connectivity index is 0.00000264. The van der Waals surface area contributed by atoms with Gasteiger partial charge in [-0.25, -0.2) is 4.39 Å². The standard InChI is InChI=1S/C18H21FN2O.ClH/c1-18(20,15-6-4-3-5-7-15)17(22)21(2)13-12-14-8-10-16(19)11-9-14;/h3-11H,12-13,20H2,1-2H3;1H. The fourth-order valence-electron chi connectivity index (χ4n) is 2.35. The highest BCUT2D eigenvalue weighted by Gasteiger charge is 2.32. The highest BCUT2D eigenvalue weighted by Crippen LogP contribution is 2.20. The minimum atomic E-state index is -1.06. The molecule has 124 valence electrons. The summed E-state index contributed by atoms with van der Waals surface area (Å²) >= 11 is 0. The third kappa shape index (κ3) is 4.78. The number of hydrogen-bond donors (Lipinski definition) is 1. The van der Waals surface area contributed by atoms with Crippen LogP contribution in [0.4, 0.5) is 4.39 Å². The number of nitrogens with zero attached hydrogens (tertiary/aromatic N) is 1. The van der Waals surface area contributed by atoms with Gasteiger partial charge in [-0.15, -0.1) is 12.4 Å². The number of benzene rings is 2. The second-order valence-corrected chi connectivity index (χ2v) is 5.67. The van der Waals surface area contributed by atoms with Crippen LogP contribution >= 0.6 is 12.4 Å². The number of carbonyl (C=O) groups excluding carboxylic acids is 1. The Labute approximate surface area is 142 Å². The molecule has 2 rings (SSSR count). The van der Waals surface area contributed by atoms with E-state index in [-0.39, 0.29) is 24.1 Å². The van der Waals surface area contributed by atoms with Gasteiger partial charge < -0.3 is 10.6 Å². The smallest absolute Gasteiger partial charge is 0.246 e. The fraction of sp³-hybridized carbons (Fsp3) is 0.278. The summed E-state index contributed by atoms with van der Waals surface area (Å²) in [7, 11) is 1.74. The Hall–Kier alpha value is -1.91. The Kier molecular flexibility index (Phi) is 6.73. The molecule has 0 fully saturated rings. The maximum Gasteiger partial charge on any atom is 0.246 e. The molecular weight excluding hydrogens is 315 g/mol. The molecule has 0 spiro atoms. The van der Waals surface area contributed by atoms with Crippen LogP contribution < -0.4 is 5.73 Å². The zero-order valence-corrected chi connectivity index (χ0v) is 14.1. The van der Waals surface area contributed by atoms with Crippen LogP contribution in [0.5, 0.6) is 0 Å². The van der Waals surface area contributed by atoms with E-state index < -0.39 is 5.54 Å². The molecular formula is C18H22ClFN2O. The van der Waals surface area contributed by atoms with Gasteiger partial charge in [-0.3, -0.25) is 4.79 Å². The molecule has 1 atom stereocenters. The Morgan fingerprint density at radius 1 is 1.13 bits per heavy atom. The van der Waals surface area contributed by atoms with E-state index in [1.165, 1.54) is 12.1 Å². The van der Waals surface area contributed by atoms with Gasteiger partial charge in [0.2, 0.25) is 5.91 Å². The van der Waals surface area contributed by atoms with Crippen LogP contribution in [0.15, 0.2) is 54.6 Å². The largest absolute Gasteiger partial charge is 0.344 e. The normalized spacial score (nSPS) is 12.9. The quantitative estimate of drug-likeness (QED) is 0.911. The monoisotopic (exact) mass is 336 g/mol. The van der Waals surface area contributed by atoms with Gasteiger partial charge in [0.1, 0.15) is 11.4 Å². The first kappa shape index (κ1) is 19.1. The van der Waals surface area contributed by atoms with Gasteiger partial charge in [0.15, 0.2) is 0 Å². The molecule has 0 heterocycles. The van der Waals surface area contributed by atoms with Crippen molar-refractivity contribution >= 4 is 18.3 Å². The lowest BCUT2D eigenvalue weighted by molar-refractivity contribution is -0.135. The summed E-state index contributed by atoms with van der Waals surface area (Å²) in [5.74, 6) is -0.396. The number of amides is 1. The van der Waals surface area contributed by atoms with E-state index in [0.717, 1.165) is 11.1 Å². The van der Waals surface area contributed by atoms with Crippen molar-refractivity contribution in [3.05, 3.63) is 71.5 Å². The van der Waals surface area contributed by atoms with E-state index in [4.69, 9.17) is 5.73 Å². The summed E-state index contributed by atoms with van der Waals surface area (Å²) < 4.78 is 12.9. The third-order valence-electron chi connectivity index (χ3n) is 3.81. The van der Waals surface area contributed by atoms with E-state index >= 15 is 0 Å². The van der Waals surface area contributed by atoms with Gasteiger partial charge in [-0.1, -0.05) is 42.5 Å². The van der Waals surface area contributed by atoms with Crippen molar-refractivity contribution in [1.82, 2.24) is 4.90 Å². The molecule has 0 aliphatic rings. The summed E-state index contributed by atoms with van der Waals surface area (Å²) in [6.07, 6.45) is 0.660. The minimum Gasteiger partial charge on any atom is -0.344 e. The topological polar surface area (TPSA) is 46.3 Å². The van der Waals surface area contributed by atoms with Crippen molar-refractivity contribution in [3.63, 3.8) is 0 Å². The summed E-state index contributed by atoms with van der Waals surface area (Å²) in [4.78, 5) is 14.2. The lowest BCUT2D eigenvalue weighted by atomic mass is 9.91. The summed E-state index contributed by atoms with van der Waals surface area (Å²) in [6, 6.07) is 15.6. The molecule has 5 heteroatoms. The van der Waals surface area contributed by atoms with Crippen LogP contribution in [-0.2, 0) is 16.8 Å². The van der Waals surface area contributed by atoms with Crippen molar-refractivity contribution in [3.8, 4) is 0 Å². The van der Waals surface area contributed by atoms with Crippen LogP contribution in [0.2, 0.25) is 0 Å². The van der Waals surface area contributed by atoms with Crippen molar-refractivity contribution in [2.45, 2.75) is 18.9 Å². The Bertz CT molecular complexity index is 629. The van der Waals surface area contributed by atoms with Crippen LogP contribution in [0.1, 0.15) is 18.1 Å². The van der Waals surface area contributed by atoms with E-state index in [2.05, 4.69) is 0 Å². The molecule has 0 saturated heterocycles. The van der Waals surface area contributed by atoms with Crippen molar-refractivity contribution < 1.29 is 9.18 Å². The van der Waals surface area contributed by atoms with Gasteiger partial charge in [-0.2, -0.15) is 0 Å². The lowest BCUT2D eigenvalue weighted by Crippen LogP contribution is -2.50. The van der Waals surface area contributed by atoms with E-state index in [1.54, 1.807) is 31.0 Å². The molecule has 2 aromatic carbocycles. The minimum absolute atomic E-state index is 0. The van der Waals surface area contributed by atoms with Crippen LogP contribution in [0.25, 0.3) is 0 Å². The van der Waals surface area contributed by atoms with Crippen molar-refractivity contribution in [2.24, 2.45) is 5.73 Å². The Morgan fingerprint density at radius 2 is 1.70 bits per heavy atom. The van der Waals surface area contributed by atoms with Gasteiger partial charge in [-0.05, 0) is 36.6 Å². The molecule has 2 aromatic rings. The molecule has 23 heavy (non-hydrogen) atoms. The number of rotatable bonds is 5. The predicted molar refractivity (Wildman–Crippen MR) is 93.0 cm³/mol. The zero-order valence-electron chi connectivity index (χ0n) is 13.3. The predicted octanol–water partition coefficient (Wildman–Crippen LogP) is 3.12. The zero-order chi connectivity index (χ0) is 16.2. The molecule has 1 unspecified atom stereocenters. The molecule has 0 bridgehead atoms. The maximum absolute atomic E-state index is 12.9. The number of hydrogen-bond acceptors (Lipinski definition) is 2. The fourth-order valence-corrected chi connectivity index (χ4v) is 2.35. The van der Waals surface area contributed by atoms with Gasteiger partial charge in [0.05, 0.1) is 0 Å². The average Bonchev–Trinajstić information content (AvgIpc) is 2.54. The number of carbonyl (C=O) groups is 1. The van der Waals surface area contributed by atoms with Gasteiger partial charge >= 0.3 is 0 Å². The first-order valence-electron chi connectivity index (χ1n) is 7.25. The van der Waals surface area contributed by atoms with E-state index in [1.807, 2.05) is 30.3 Å². The molecule has 0 aliphatic heterocycles. The van der Waals surface area contributed by atoms with Crippen LogP contribution in [0.3, 0.4) is 0 Å². The SMILES string of the molecule is CN(CCc1ccc(F)cc1)C(=O)C(C)(N)c1ccccc1.Cl. The highest BCUT2D eigenvalue weighted by molar-refractivity contribution is 5.86. The Morgan fingerprint density at radius 3 is 2.26 bits per heavy atom. The second kappa shape index (κ2) is 8.09. The molecule has 0 radical (unpaired) electrons. The number of halogens is 2. The highest BCUT2D eigenvalue weighted by atomic mass is 35.5. The van der Waals surface area contributed by atoms with E-state index in [9.17, 15) is 9.18 Å². The first-order valence-corrected chi connectivity index (χ1v) is 7.25. The number of nitrogens with two attached hydrogens (primary N) is 1. The van der Waals surface area contributed by atoms with E-state index in [0.29, 0.717) is 13.0 Å². The first-order chi connectivity index (χ1) is 10.4. The molecule has 0 aliphatic carbocycles. The van der Waals surface area contributed by atoms with Crippen LogP contribution in [0, 0.1) is 5.82 Å². The summed E-state index contributed by atoms with van der Waals surface area (Å²) in [5.41, 5.74) is 6.95. The van der Waals surface area contributed by atoms with Crippen LogP contribution in [-0.4, -0.2) is 24.4 Å². The van der Waals surface area contributed by atoms with Crippen molar-refractivity contribution in [2.75, 3.05) is 13.6 Å². The van der Waals surface area contributed by atoms with Crippen molar-refractivity contribution in [1.29, 1.82) is 0 Å².